The van der Waals surface area contributed by atoms with E-state index in [1.54, 1.807) is 31.4 Å². The molecule has 0 N–H and O–H groups in total. The Bertz CT molecular complexity index is 1010. The summed E-state index contributed by atoms with van der Waals surface area (Å²) in [5.41, 5.74) is 2.30. The molecule has 1 atom stereocenters. The van der Waals surface area contributed by atoms with Crippen LogP contribution in [0.4, 0.5) is 0 Å². The number of aromatic nitrogens is 1. The summed E-state index contributed by atoms with van der Waals surface area (Å²) in [4.78, 5) is 4.65. The quantitative estimate of drug-likeness (QED) is 0.572. The minimum atomic E-state index is -3.76. The Morgan fingerprint density at radius 1 is 0.966 bits per heavy atom. The summed E-state index contributed by atoms with van der Waals surface area (Å²) < 4.78 is 34.0. The number of hydrogen-bond acceptors (Lipinski definition) is 4. The summed E-state index contributed by atoms with van der Waals surface area (Å²) >= 11 is 0. The Kier molecular flexibility index (Phi) is 6.35. The van der Waals surface area contributed by atoms with Gasteiger partial charge in [0.05, 0.1) is 22.7 Å². The lowest BCUT2D eigenvalue weighted by molar-refractivity contribution is 0.240. The Morgan fingerprint density at radius 3 is 2.24 bits per heavy atom. The lowest BCUT2D eigenvalue weighted by Crippen LogP contribution is -2.32. The van der Waals surface area contributed by atoms with Crippen LogP contribution in [0, 0.1) is 6.92 Å². The molecule has 0 amide bonds. The summed E-state index contributed by atoms with van der Waals surface area (Å²) in [6.07, 6.45) is 1.69. The minimum Gasteiger partial charge on any atom is -0.491 e. The van der Waals surface area contributed by atoms with Gasteiger partial charge in [-0.2, -0.15) is 4.31 Å². The van der Waals surface area contributed by atoms with Crippen LogP contribution in [0.25, 0.3) is 0 Å². The standard InChI is InChI=1S/C23H26N2O3S/c1-17(2)28-22-14-13-20(16-18(22)3)29(26,27)25(4)23(19-10-6-5-7-11-19)21-12-8-9-15-24-21/h5-17,23H,1-4H3. The number of rotatable bonds is 7. The molecule has 0 saturated heterocycles. The number of benzene rings is 2. The first-order valence-electron chi connectivity index (χ1n) is 9.52. The van der Waals surface area contributed by atoms with Gasteiger partial charge in [0.2, 0.25) is 10.0 Å². The van der Waals surface area contributed by atoms with Gasteiger partial charge in [-0.1, -0.05) is 36.4 Å². The molecular formula is C23H26N2O3S. The Balaban J connectivity index is 2.03. The van der Waals surface area contributed by atoms with Crippen molar-refractivity contribution in [1.82, 2.24) is 9.29 Å². The largest absolute Gasteiger partial charge is 0.491 e. The Labute approximate surface area is 173 Å². The molecule has 0 aliphatic rings. The third kappa shape index (κ3) is 4.66. The predicted molar refractivity (Wildman–Crippen MR) is 114 cm³/mol. The molecule has 1 heterocycles. The molecule has 3 aromatic rings. The Hall–Kier alpha value is -2.70. The molecule has 0 spiro atoms. The van der Waals surface area contributed by atoms with Gasteiger partial charge in [-0.05, 0) is 62.2 Å². The van der Waals surface area contributed by atoms with Crippen molar-refractivity contribution in [3.63, 3.8) is 0 Å². The fraction of sp³-hybridized carbons (Fsp3) is 0.261. The highest BCUT2D eigenvalue weighted by atomic mass is 32.2. The molecule has 0 bridgehead atoms. The summed E-state index contributed by atoms with van der Waals surface area (Å²) in [6.45, 7) is 5.73. The van der Waals surface area contributed by atoms with Crippen molar-refractivity contribution in [2.45, 2.75) is 37.8 Å². The van der Waals surface area contributed by atoms with E-state index in [-0.39, 0.29) is 11.0 Å². The molecule has 0 radical (unpaired) electrons. The van der Waals surface area contributed by atoms with Crippen molar-refractivity contribution in [3.05, 3.63) is 89.7 Å². The second-order valence-electron chi connectivity index (χ2n) is 7.18. The molecule has 2 aromatic carbocycles. The van der Waals surface area contributed by atoms with Crippen LogP contribution in [-0.4, -0.2) is 30.9 Å². The van der Waals surface area contributed by atoms with Gasteiger partial charge in [0.15, 0.2) is 0 Å². The van der Waals surface area contributed by atoms with E-state index >= 15 is 0 Å². The summed E-state index contributed by atoms with van der Waals surface area (Å²) in [7, 11) is -2.17. The van der Waals surface area contributed by atoms with Gasteiger partial charge in [-0.15, -0.1) is 0 Å². The van der Waals surface area contributed by atoms with Crippen LogP contribution in [0.15, 0.2) is 77.8 Å². The van der Waals surface area contributed by atoms with Crippen LogP contribution >= 0.6 is 0 Å². The van der Waals surface area contributed by atoms with Gasteiger partial charge in [0.1, 0.15) is 5.75 Å². The number of aryl methyl sites for hydroxylation is 1. The van der Waals surface area contributed by atoms with Crippen molar-refractivity contribution in [2.24, 2.45) is 0 Å². The van der Waals surface area contributed by atoms with Crippen LogP contribution < -0.4 is 4.74 Å². The Morgan fingerprint density at radius 2 is 1.66 bits per heavy atom. The molecule has 0 saturated carbocycles. The van der Waals surface area contributed by atoms with Crippen LogP contribution in [0.1, 0.15) is 36.7 Å². The van der Waals surface area contributed by atoms with E-state index in [1.807, 2.05) is 69.3 Å². The van der Waals surface area contributed by atoms with E-state index in [0.29, 0.717) is 11.4 Å². The van der Waals surface area contributed by atoms with Gasteiger partial charge in [-0.3, -0.25) is 4.98 Å². The summed E-state index contributed by atoms with van der Waals surface area (Å²) in [5, 5.41) is 0. The molecule has 152 valence electrons. The third-order valence-corrected chi connectivity index (χ3v) is 6.45. The maximum absolute atomic E-state index is 13.5. The smallest absolute Gasteiger partial charge is 0.243 e. The molecule has 0 aliphatic carbocycles. The topological polar surface area (TPSA) is 59.5 Å². The SMILES string of the molecule is Cc1cc(S(=O)(=O)N(C)C(c2ccccc2)c2ccccn2)ccc1OC(C)C. The molecule has 1 unspecified atom stereocenters. The fourth-order valence-corrected chi connectivity index (χ4v) is 4.62. The predicted octanol–water partition coefficient (Wildman–Crippen LogP) is 4.59. The monoisotopic (exact) mass is 410 g/mol. The summed E-state index contributed by atoms with van der Waals surface area (Å²) in [5.74, 6) is 0.686. The average Bonchev–Trinajstić information content (AvgIpc) is 2.71. The van der Waals surface area contributed by atoms with E-state index in [1.165, 1.54) is 4.31 Å². The molecular weight excluding hydrogens is 384 g/mol. The van der Waals surface area contributed by atoms with Gasteiger partial charge >= 0.3 is 0 Å². The van der Waals surface area contributed by atoms with Crippen LogP contribution in [0.3, 0.4) is 0 Å². The van der Waals surface area contributed by atoms with E-state index in [2.05, 4.69) is 4.98 Å². The first kappa shape index (κ1) is 21.0. The van der Waals surface area contributed by atoms with Crippen molar-refractivity contribution in [2.75, 3.05) is 7.05 Å². The number of pyridine rings is 1. The van der Waals surface area contributed by atoms with Crippen molar-refractivity contribution in [3.8, 4) is 5.75 Å². The average molecular weight is 411 g/mol. The second kappa shape index (κ2) is 8.76. The first-order valence-corrected chi connectivity index (χ1v) is 11.0. The highest BCUT2D eigenvalue weighted by Gasteiger charge is 2.31. The number of sulfonamides is 1. The molecule has 0 fully saturated rings. The van der Waals surface area contributed by atoms with Gasteiger partial charge in [0.25, 0.3) is 0 Å². The fourth-order valence-electron chi connectivity index (χ4n) is 3.21. The zero-order valence-corrected chi connectivity index (χ0v) is 17.9. The van der Waals surface area contributed by atoms with E-state index in [4.69, 9.17) is 4.74 Å². The number of hydrogen-bond donors (Lipinski definition) is 0. The highest BCUT2D eigenvalue weighted by Crippen LogP contribution is 2.32. The first-order chi connectivity index (χ1) is 13.8. The normalized spacial score (nSPS) is 12.9. The van der Waals surface area contributed by atoms with Crippen molar-refractivity contribution >= 4 is 10.0 Å². The van der Waals surface area contributed by atoms with Gasteiger partial charge in [-0.25, -0.2) is 8.42 Å². The second-order valence-corrected chi connectivity index (χ2v) is 9.18. The molecule has 0 aliphatic heterocycles. The molecule has 1 aromatic heterocycles. The molecule has 29 heavy (non-hydrogen) atoms. The van der Waals surface area contributed by atoms with Crippen LogP contribution in [0.5, 0.6) is 5.75 Å². The van der Waals surface area contributed by atoms with Crippen molar-refractivity contribution < 1.29 is 13.2 Å². The van der Waals surface area contributed by atoms with Crippen molar-refractivity contribution in [1.29, 1.82) is 0 Å². The summed E-state index contributed by atoms with van der Waals surface area (Å²) in [6, 6.07) is 19.5. The zero-order valence-electron chi connectivity index (χ0n) is 17.1. The van der Waals surface area contributed by atoms with E-state index in [0.717, 1.165) is 11.1 Å². The maximum atomic E-state index is 13.5. The lowest BCUT2D eigenvalue weighted by atomic mass is 10.0. The third-order valence-electron chi connectivity index (χ3n) is 4.63. The zero-order chi connectivity index (χ0) is 21.0. The van der Waals surface area contributed by atoms with Gasteiger partial charge < -0.3 is 4.74 Å². The molecule has 6 heteroatoms. The van der Waals surface area contributed by atoms with Crippen LogP contribution in [0.2, 0.25) is 0 Å². The van der Waals surface area contributed by atoms with E-state index < -0.39 is 16.1 Å². The molecule has 3 rings (SSSR count). The number of nitrogens with zero attached hydrogens (tertiary/aromatic N) is 2. The lowest BCUT2D eigenvalue weighted by Gasteiger charge is -2.28. The maximum Gasteiger partial charge on any atom is 0.243 e. The number of ether oxygens (including phenoxy) is 1. The van der Waals surface area contributed by atoms with Crippen LogP contribution in [-0.2, 0) is 10.0 Å². The minimum absolute atomic E-state index is 0.0189. The molecule has 5 nitrogen and oxygen atoms in total. The highest BCUT2D eigenvalue weighted by molar-refractivity contribution is 7.89. The van der Waals surface area contributed by atoms with Gasteiger partial charge in [0, 0.05) is 13.2 Å². The van der Waals surface area contributed by atoms with E-state index in [9.17, 15) is 8.42 Å².